The van der Waals surface area contributed by atoms with Crippen molar-refractivity contribution in [3.8, 4) is 0 Å². The van der Waals surface area contributed by atoms with Crippen molar-refractivity contribution in [2.75, 3.05) is 14.2 Å². The highest BCUT2D eigenvalue weighted by molar-refractivity contribution is 7.09. The second-order valence-corrected chi connectivity index (χ2v) is 3.82. The summed E-state index contributed by atoms with van der Waals surface area (Å²) in [5.41, 5.74) is 5.89. The van der Waals surface area contributed by atoms with Crippen LogP contribution in [-0.4, -0.2) is 26.6 Å². The maximum absolute atomic E-state index is 5.89. The van der Waals surface area contributed by atoms with E-state index in [1.165, 1.54) is 4.88 Å². The van der Waals surface area contributed by atoms with Gasteiger partial charge in [-0.25, -0.2) is 0 Å². The lowest BCUT2D eigenvalue weighted by atomic mass is 10.2. The van der Waals surface area contributed by atoms with Crippen molar-refractivity contribution < 1.29 is 9.47 Å². The van der Waals surface area contributed by atoms with Gasteiger partial charge in [-0.2, -0.15) is 0 Å². The summed E-state index contributed by atoms with van der Waals surface area (Å²) >= 11 is 1.70. The van der Waals surface area contributed by atoms with Gasteiger partial charge < -0.3 is 15.2 Å². The van der Waals surface area contributed by atoms with E-state index in [4.69, 9.17) is 15.2 Å². The summed E-state index contributed by atoms with van der Waals surface area (Å²) in [4.78, 5) is 1.26. The summed E-state index contributed by atoms with van der Waals surface area (Å²) in [5.74, 6) is 0. The number of nitrogens with two attached hydrogens (primary N) is 1. The van der Waals surface area contributed by atoms with E-state index in [1.54, 1.807) is 25.6 Å². The smallest absolute Gasteiger partial charge is 0.172 e. The van der Waals surface area contributed by atoms with Gasteiger partial charge >= 0.3 is 0 Å². The summed E-state index contributed by atoms with van der Waals surface area (Å²) in [6, 6.07) is 3.97. The van der Waals surface area contributed by atoms with Crippen LogP contribution in [0.1, 0.15) is 4.88 Å². The predicted molar refractivity (Wildman–Crippen MR) is 53.8 cm³/mol. The molecule has 0 aromatic carbocycles. The molecule has 1 aromatic rings. The van der Waals surface area contributed by atoms with Crippen LogP contribution in [0.3, 0.4) is 0 Å². The Morgan fingerprint density at radius 3 is 2.62 bits per heavy atom. The molecule has 13 heavy (non-hydrogen) atoms. The average molecular weight is 201 g/mol. The molecule has 74 valence electrons. The van der Waals surface area contributed by atoms with E-state index in [0.29, 0.717) is 0 Å². The number of hydrogen-bond donors (Lipinski definition) is 1. The minimum absolute atomic E-state index is 0.103. The molecule has 0 saturated carbocycles. The van der Waals surface area contributed by atoms with E-state index in [0.717, 1.165) is 6.42 Å². The third-order valence-electron chi connectivity index (χ3n) is 1.83. The Kier molecular flexibility index (Phi) is 4.38. The van der Waals surface area contributed by atoms with Gasteiger partial charge in [-0.3, -0.25) is 0 Å². The highest BCUT2D eigenvalue weighted by Crippen LogP contribution is 2.12. The molecule has 1 heterocycles. The van der Waals surface area contributed by atoms with Gasteiger partial charge in [0.25, 0.3) is 0 Å². The molecule has 2 N–H and O–H groups in total. The summed E-state index contributed by atoms with van der Waals surface area (Å²) in [6.45, 7) is 0. The van der Waals surface area contributed by atoms with E-state index >= 15 is 0 Å². The molecule has 0 aliphatic rings. The van der Waals surface area contributed by atoms with Gasteiger partial charge in [0.1, 0.15) is 0 Å². The molecular weight excluding hydrogens is 186 g/mol. The van der Waals surface area contributed by atoms with Crippen LogP contribution in [0.25, 0.3) is 0 Å². The van der Waals surface area contributed by atoms with Gasteiger partial charge in [-0.15, -0.1) is 11.3 Å². The highest BCUT2D eigenvalue weighted by atomic mass is 32.1. The van der Waals surface area contributed by atoms with Crippen LogP contribution in [0.4, 0.5) is 0 Å². The zero-order chi connectivity index (χ0) is 9.68. The first-order valence-electron chi connectivity index (χ1n) is 4.11. The van der Waals surface area contributed by atoms with Crippen molar-refractivity contribution in [2.45, 2.75) is 18.8 Å². The van der Waals surface area contributed by atoms with Gasteiger partial charge in [0.05, 0.1) is 6.04 Å². The Balaban J connectivity index is 2.44. The van der Waals surface area contributed by atoms with E-state index in [-0.39, 0.29) is 12.3 Å². The highest BCUT2D eigenvalue weighted by Gasteiger charge is 2.16. The van der Waals surface area contributed by atoms with Crippen molar-refractivity contribution in [3.63, 3.8) is 0 Å². The molecule has 1 atom stereocenters. The number of thiophene rings is 1. The molecule has 1 aromatic heterocycles. The summed E-state index contributed by atoms with van der Waals surface area (Å²) in [7, 11) is 3.20. The largest absolute Gasteiger partial charge is 0.354 e. The molecule has 0 saturated heterocycles. The Bertz CT molecular complexity index is 222. The molecule has 0 radical (unpaired) electrons. The quantitative estimate of drug-likeness (QED) is 0.729. The van der Waals surface area contributed by atoms with Crippen LogP contribution in [0.2, 0.25) is 0 Å². The third kappa shape index (κ3) is 3.08. The molecule has 0 aliphatic heterocycles. The summed E-state index contributed by atoms with van der Waals surface area (Å²) < 4.78 is 10.1. The molecule has 0 bridgehead atoms. The molecule has 0 amide bonds. The van der Waals surface area contributed by atoms with Crippen molar-refractivity contribution >= 4 is 11.3 Å². The lowest BCUT2D eigenvalue weighted by molar-refractivity contribution is -0.115. The summed E-state index contributed by atoms with van der Waals surface area (Å²) in [6.07, 6.45) is 0.478. The Labute approximate surface area is 82.5 Å². The van der Waals surface area contributed by atoms with Crippen LogP contribution in [0, 0.1) is 0 Å². The van der Waals surface area contributed by atoms with Crippen LogP contribution < -0.4 is 5.73 Å². The monoisotopic (exact) mass is 201 g/mol. The van der Waals surface area contributed by atoms with Gasteiger partial charge in [0.2, 0.25) is 0 Å². The van der Waals surface area contributed by atoms with Gasteiger partial charge in [0, 0.05) is 25.5 Å². The Morgan fingerprint density at radius 1 is 1.46 bits per heavy atom. The number of hydrogen-bond acceptors (Lipinski definition) is 4. The molecule has 0 fully saturated rings. The molecule has 0 aliphatic carbocycles. The maximum Gasteiger partial charge on any atom is 0.172 e. The lowest BCUT2D eigenvalue weighted by Crippen LogP contribution is -2.38. The van der Waals surface area contributed by atoms with Crippen molar-refractivity contribution in [3.05, 3.63) is 22.4 Å². The van der Waals surface area contributed by atoms with Crippen LogP contribution in [-0.2, 0) is 15.9 Å². The SMILES string of the molecule is COC(OC)C(N)Cc1cccs1. The summed E-state index contributed by atoms with van der Waals surface area (Å²) in [5, 5.41) is 2.04. The first-order valence-corrected chi connectivity index (χ1v) is 4.99. The minimum atomic E-state index is -0.318. The first-order chi connectivity index (χ1) is 6.27. The lowest BCUT2D eigenvalue weighted by Gasteiger charge is -2.20. The zero-order valence-electron chi connectivity index (χ0n) is 7.90. The fraction of sp³-hybridized carbons (Fsp3) is 0.556. The standard InChI is InChI=1S/C9H15NO2S/c1-11-9(12-2)8(10)6-7-4-3-5-13-7/h3-5,8-9H,6,10H2,1-2H3. The van der Waals surface area contributed by atoms with E-state index in [1.807, 2.05) is 11.4 Å². The number of ether oxygens (including phenoxy) is 2. The molecule has 1 rings (SSSR count). The normalized spacial score (nSPS) is 13.5. The fourth-order valence-electron chi connectivity index (χ4n) is 1.20. The van der Waals surface area contributed by atoms with Crippen molar-refractivity contribution in [1.82, 2.24) is 0 Å². The topological polar surface area (TPSA) is 44.5 Å². The van der Waals surface area contributed by atoms with E-state index in [9.17, 15) is 0 Å². The molecule has 1 unspecified atom stereocenters. The second-order valence-electron chi connectivity index (χ2n) is 2.79. The molecule has 4 heteroatoms. The maximum atomic E-state index is 5.89. The Hall–Kier alpha value is -0.420. The van der Waals surface area contributed by atoms with Crippen LogP contribution >= 0.6 is 11.3 Å². The van der Waals surface area contributed by atoms with Gasteiger partial charge in [-0.05, 0) is 11.4 Å². The van der Waals surface area contributed by atoms with Crippen molar-refractivity contribution in [2.24, 2.45) is 5.73 Å². The van der Waals surface area contributed by atoms with Crippen molar-refractivity contribution in [1.29, 1.82) is 0 Å². The first kappa shape index (κ1) is 10.7. The molecule has 0 spiro atoms. The zero-order valence-corrected chi connectivity index (χ0v) is 8.71. The fourth-order valence-corrected chi connectivity index (χ4v) is 1.98. The second kappa shape index (κ2) is 5.34. The minimum Gasteiger partial charge on any atom is -0.354 e. The predicted octanol–water partition coefficient (Wildman–Crippen LogP) is 1.24. The number of methoxy groups -OCH3 is 2. The van der Waals surface area contributed by atoms with E-state index in [2.05, 4.69) is 6.07 Å². The van der Waals surface area contributed by atoms with Crippen LogP contribution in [0.15, 0.2) is 17.5 Å². The molecular formula is C9H15NO2S. The van der Waals surface area contributed by atoms with Crippen LogP contribution in [0.5, 0.6) is 0 Å². The Morgan fingerprint density at radius 2 is 2.15 bits per heavy atom. The van der Waals surface area contributed by atoms with E-state index < -0.39 is 0 Å². The third-order valence-corrected chi connectivity index (χ3v) is 2.73. The molecule has 3 nitrogen and oxygen atoms in total. The average Bonchev–Trinajstić information content (AvgIpc) is 2.59. The number of rotatable bonds is 5. The van der Waals surface area contributed by atoms with Gasteiger partial charge in [-0.1, -0.05) is 6.07 Å². The van der Waals surface area contributed by atoms with Gasteiger partial charge in [0.15, 0.2) is 6.29 Å².